The van der Waals surface area contributed by atoms with E-state index in [4.69, 9.17) is 0 Å². The summed E-state index contributed by atoms with van der Waals surface area (Å²) >= 11 is 0. The molecule has 0 saturated heterocycles. The number of hydrogen-bond acceptors (Lipinski definition) is 1. The summed E-state index contributed by atoms with van der Waals surface area (Å²) < 4.78 is 2.07. The molecule has 2 aromatic carbocycles. The van der Waals surface area contributed by atoms with Crippen LogP contribution < -0.4 is 0 Å². The number of aldehydes is 1. The number of nitrogens with zero attached hydrogens (tertiary/aromatic N) is 1. The first-order valence-electron chi connectivity index (χ1n) is 6.16. The van der Waals surface area contributed by atoms with Gasteiger partial charge >= 0.3 is 0 Å². The van der Waals surface area contributed by atoms with Crippen LogP contribution in [0.3, 0.4) is 0 Å². The summed E-state index contributed by atoms with van der Waals surface area (Å²) in [6.45, 7) is 0. The van der Waals surface area contributed by atoms with Gasteiger partial charge in [-0.2, -0.15) is 0 Å². The molecule has 0 N–H and O–H groups in total. The Labute approximate surface area is 111 Å². The van der Waals surface area contributed by atoms with Crippen LogP contribution >= 0.6 is 0 Å². The normalized spacial score (nSPS) is 10.3. The van der Waals surface area contributed by atoms with Crippen LogP contribution in [0.15, 0.2) is 73.1 Å². The SMILES string of the molecule is O=Cc1ccc(-c2ccc(-n3cccc3)cc2)cc1. The summed E-state index contributed by atoms with van der Waals surface area (Å²) in [7, 11) is 0. The Hall–Kier alpha value is -2.61. The zero-order valence-electron chi connectivity index (χ0n) is 10.4. The molecule has 0 saturated carbocycles. The topological polar surface area (TPSA) is 22.0 Å². The van der Waals surface area contributed by atoms with Gasteiger partial charge in [0.15, 0.2) is 0 Å². The van der Waals surface area contributed by atoms with Crippen LogP contribution in [0.1, 0.15) is 10.4 Å². The maximum atomic E-state index is 10.6. The zero-order valence-corrected chi connectivity index (χ0v) is 10.4. The van der Waals surface area contributed by atoms with Crippen LogP contribution in [0.25, 0.3) is 16.8 Å². The number of benzene rings is 2. The second-order valence-electron chi connectivity index (χ2n) is 4.38. The van der Waals surface area contributed by atoms with Gasteiger partial charge in [0.2, 0.25) is 0 Å². The van der Waals surface area contributed by atoms with Crippen molar-refractivity contribution < 1.29 is 4.79 Å². The van der Waals surface area contributed by atoms with Crippen LogP contribution in [-0.2, 0) is 0 Å². The molecule has 3 rings (SSSR count). The van der Waals surface area contributed by atoms with Gasteiger partial charge in [-0.05, 0) is 35.4 Å². The van der Waals surface area contributed by atoms with E-state index in [9.17, 15) is 4.79 Å². The van der Waals surface area contributed by atoms with E-state index < -0.39 is 0 Å². The molecule has 19 heavy (non-hydrogen) atoms. The quantitative estimate of drug-likeness (QED) is 0.642. The van der Waals surface area contributed by atoms with Crippen molar-refractivity contribution in [1.82, 2.24) is 4.57 Å². The molecule has 0 aliphatic heterocycles. The monoisotopic (exact) mass is 247 g/mol. The van der Waals surface area contributed by atoms with Crippen LogP contribution in [0.4, 0.5) is 0 Å². The van der Waals surface area contributed by atoms with Crippen molar-refractivity contribution in [2.75, 3.05) is 0 Å². The van der Waals surface area contributed by atoms with Crippen molar-refractivity contribution in [2.45, 2.75) is 0 Å². The van der Waals surface area contributed by atoms with Gasteiger partial charge in [-0.15, -0.1) is 0 Å². The Morgan fingerprint density at radius 3 is 1.79 bits per heavy atom. The standard InChI is InChI=1S/C17H13NO/c19-13-14-3-5-15(6-4-14)16-7-9-17(10-8-16)18-11-1-2-12-18/h1-13H. The molecule has 0 bridgehead atoms. The highest BCUT2D eigenvalue weighted by atomic mass is 16.1. The first-order chi connectivity index (χ1) is 9.36. The smallest absolute Gasteiger partial charge is 0.150 e. The lowest BCUT2D eigenvalue weighted by Gasteiger charge is -2.05. The predicted octanol–water partition coefficient (Wildman–Crippen LogP) is 3.96. The fraction of sp³-hybridized carbons (Fsp3) is 0. The lowest BCUT2D eigenvalue weighted by atomic mass is 10.0. The van der Waals surface area contributed by atoms with Crippen LogP contribution in [0.5, 0.6) is 0 Å². The average Bonchev–Trinajstić information content (AvgIpc) is 3.02. The van der Waals surface area contributed by atoms with Crippen LogP contribution in [-0.4, -0.2) is 10.9 Å². The summed E-state index contributed by atoms with van der Waals surface area (Å²) in [5.74, 6) is 0. The fourth-order valence-electron chi connectivity index (χ4n) is 2.09. The molecule has 0 aliphatic rings. The molecular formula is C17H13NO. The molecule has 0 spiro atoms. The van der Waals surface area contributed by atoms with Gasteiger partial charge in [0.25, 0.3) is 0 Å². The third-order valence-corrected chi connectivity index (χ3v) is 3.15. The molecule has 0 atom stereocenters. The van der Waals surface area contributed by atoms with Crippen molar-refractivity contribution in [2.24, 2.45) is 0 Å². The van der Waals surface area contributed by atoms with Crippen molar-refractivity contribution in [1.29, 1.82) is 0 Å². The first kappa shape index (κ1) is 11.5. The lowest BCUT2D eigenvalue weighted by Crippen LogP contribution is -1.89. The average molecular weight is 247 g/mol. The van der Waals surface area contributed by atoms with Gasteiger partial charge < -0.3 is 4.57 Å². The zero-order chi connectivity index (χ0) is 13.1. The van der Waals surface area contributed by atoms with E-state index in [1.165, 1.54) is 0 Å². The van der Waals surface area contributed by atoms with Gasteiger partial charge in [-0.1, -0.05) is 36.4 Å². The molecule has 1 aromatic heterocycles. The van der Waals surface area contributed by atoms with Gasteiger partial charge in [-0.25, -0.2) is 0 Å². The van der Waals surface area contributed by atoms with Gasteiger partial charge in [0.05, 0.1) is 0 Å². The molecular weight excluding hydrogens is 234 g/mol. The van der Waals surface area contributed by atoms with E-state index in [1.54, 1.807) is 0 Å². The Bertz CT molecular complexity index is 664. The molecule has 3 aromatic rings. The molecule has 1 heterocycles. The minimum atomic E-state index is 0.702. The number of carbonyl (C=O) groups excluding carboxylic acids is 1. The highest BCUT2D eigenvalue weighted by Crippen LogP contribution is 2.21. The minimum Gasteiger partial charge on any atom is -0.324 e. The Kier molecular flexibility index (Phi) is 2.99. The van der Waals surface area contributed by atoms with Crippen molar-refractivity contribution in [3.8, 4) is 16.8 Å². The summed E-state index contributed by atoms with van der Waals surface area (Å²) in [6.07, 6.45) is 4.90. The number of hydrogen-bond donors (Lipinski definition) is 0. The Balaban J connectivity index is 1.91. The third kappa shape index (κ3) is 2.33. The lowest BCUT2D eigenvalue weighted by molar-refractivity contribution is 0.112. The first-order valence-corrected chi connectivity index (χ1v) is 6.16. The molecule has 0 radical (unpaired) electrons. The number of rotatable bonds is 3. The molecule has 0 unspecified atom stereocenters. The second-order valence-corrected chi connectivity index (χ2v) is 4.38. The van der Waals surface area contributed by atoms with E-state index in [1.807, 2.05) is 48.8 Å². The summed E-state index contributed by atoms with van der Waals surface area (Å²) in [4.78, 5) is 10.6. The van der Waals surface area contributed by atoms with Crippen molar-refractivity contribution in [3.05, 3.63) is 78.6 Å². The minimum absolute atomic E-state index is 0.702. The maximum Gasteiger partial charge on any atom is 0.150 e. The maximum absolute atomic E-state index is 10.6. The van der Waals surface area contributed by atoms with E-state index in [0.29, 0.717) is 5.56 Å². The van der Waals surface area contributed by atoms with Crippen LogP contribution in [0, 0.1) is 0 Å². The summed E-state index contributed by atoms with van der Waals surface area (Å²) in [5, 5.41) is 0. The predicted molar refractivity (Wildman–Crippen MR) is 76.6 cm³/mol. The van der Waals surface area contributed by atoms with E-state index in [2.05, 4.69) is 28.8 Å². The number of carbonyl (C=O) groups is 1. The van der Waals surface area contributed by atoms with E-state index in [-0.39, 0.29) is 0 Å². The van der Waals surface area contributed by atoms with Crippen LogP contribution in [0.2, 0.25) is 0 Å². The highest BCUT2D eigenvalue weighted by molar-refractivity contribution is 5.77. The van der Waals surface area contributed by atoms with E-state index in [0.717, 1.165) is 23.1 Å². The summed E-state index contributed by atoms with van der Waals surface area (Å²) in [5.41, 5.74) is 4.10. The molecule has 0 aliphatic carbocycles. The Morgan fingerprint density at radius 2 is 1.26 bits per heavy atom. The molecule has 2 heteroatoms. The highest BCUT2D eigenvalue weighted by Gasteiger charge is 1.99. The third-order valence-electron chi connectivity index (χ3n) is 3.15. The van der Waals surface area contributed by atoms with Gasteiger partial charge in [0.1, 0.15) is 6.29 Å². The van der Waals surface area contributed by atoms with E-state index >= 15 is 0 Å². The molecule has 2 nitrogen and oxygen atoms in total. The largest absolute Gasteiger partial charge is 0.324 e. The van der Waals surface area contributed by atoms with Crippen molar-refractivity contribution in [3.63, 3.8) is 0 Å². The Morgan fingerprint density at radius 1 is 0.737 bits per heavy atom. The molecule has 0 amide bonds. The number of aromatic nitrogens is 1. The molecule has 92 valence electrons. The van der Waals surface area contributed by atoms with Crippen molar-refractivity contribution >= 4 is 6.29 Å². The second kappa shape index (κ2) is 4.94. The van der Waals surface area contributed by atoms with Gasteiger partial charge in [-0.3, -0.25) is 4.79 Å². The summed E-state index contributed by atoms with van der Waals surface area (Å²) in [6, 6.07) is 20.0. The van der Waals surface area contributed by atoms with Gasteiger partial charge in [0, 0.05) is 23.6 Å². The fourth-order valence-corrected chi connectivity index (χ4v) is 2.09. The molecule has 0 fully saturated rings.